The Bertz CT molecular complexity index is 1490. The molecule has 3 heterocycles. The summed E-state index contributed by atoms with van der Waals surface area (Å²) in [7, 11) is -3.96. The second-order valence-electron chi connectivity index (χ2n) is 10.3. The number of ether oxygens (including phenoxy) is 1. The van der Waals surface area contributed by atoms with Crippen molar-refractivity contribution in [2.45, 2.75) is 42.0 Å². The topological polar surface area (TPSA) is 79.0 Å². The van der Waals surface area contributed by atoms with Crippen molar-refractivity contribution < 1.29 is 26.7 Å². The highest BCUT2D eigenvalue weighted by molar-refractivity contribution is 7.92. The van der Waals surface area contributed by atoms with Gasteiger partial charge in [0.15, 0.2) is 0 Å². The lowest BCUT2D eigenvalue weighted by molar-refractivity contribution is 0.151. The van der Waals surface area contributed by atoms with E-state index in [-0.39, 0.29) is 29.1 Å². The van der Waals surface area contributed by atoms with E-state index in [0.29, 0.717) is 44.6 Å². The fraction of sp³-hybridized carbons (Fsp3) is 0.345. The monoisotopic (exact) mass is 553 g/mol. The molecule has 3 aromatic rings. The lowest BCUT2D eigenvalue weighted by Crippen LogP contribution is -2.51. The summed E-state index contributed by atoms with van der Waals surface area (Å²) >= 11 is 0. The molecule has 204 valence electrons. The molecule has 0 bridgehead atoms. The highest BCUT2D eigenvalue weighted by atomic mass is 32.2. The number of para-hydroxylation sites is 2. The van der Waals surface area contributed by atoms with Gasteiger partial charge in [-0.15, -0.1) is 0 Å². The SMILES string of the molecule is O=C(NC1CCOc2ccccc21)N1CCC2(CC1)CN(S(=O)(=O)c1ccc(C(F)F)cc1)c1ccccc12. The Morgan fingerprint density at radius 1 is 0.974 bits per heavy atom. The van der Waals surface area contributed by atoms with E-state index >= 15 is 0 Å². The molecule has 0 aliphatic carbocycles. The van der Waals surface area contributed by atoms with Crippen LogP contribution in [0.3, 0.4) is 0 Å². The molecule has 10 heteroatoms. The Kier molecular flexibility index (Phi) is 6.45. The van der Waals surface area contributed by atoms with Crippen molar-refractivity contribution in [3.63, 3.8) is 0 Å². The molecular weight excluding hydrogens is 524 g/mol. The maximum Gasteiger partial charge on any atom is 0.317 e. The Morgan fingerprint density at radius 2 is 1.67 bits per heavy atom. The van der Waals surface area contributed by atoms with Crippen molar-refractivity contribution in [1.29, 1.82) is 0 Å². The maximum absolute atomic E-state index is 13.7. The summed E-state index contributed by atoms with van der Waals surface area (Å²) in [5, 5.41) is 3.16. The number of amides is 2. The van der Waals surface area contributed by atoms with Crippen molar-refractivity contribution in [2.75, 3.05) is 30.5 Å². The minimum atomic E-state index is -3.96. The summed E-state index contributed by atoms with van der Waals surface area (Å²) in [5.41, 5.74) is 1.86. The van der Waals surface area contributed by atoms with Crippen molar-refractivity contribution in [3.05, 3.63) is 89.5 Å². The lowest BCUT2D eigenvalue weighted by Gasteiger charge is -2.40. The Balaban J connectivity index is 1.19. The molecule has 3 aliphatic rings. The van der Waals surface area contributed by atoms with E-state index in [2.05, 4.69) is 5.32 Å². The number of halogens is 2. The van der Waals surface area contributed by atoms with E-state index < -0.39 is 21.9 Å². The first kappa shape index (κ1) is 25.6. The van der Waals surface area contributed by atoms with Crippen LogP contribution in [0.5, 0.6) is 5.75 Å². The number of hydrogen-bond donors (Lipinski definition) is 1. The zero-order chi connectivity index (χ0) is 27.2. The first-order chi connectivity index (χ1) is 18.8. The molecule has 1 saturated heterocycles. The fourth-order valence-electron chi connectivity index (χ4n) is 6.01. The molecule has 1 spiro atoms. The molecule has 39 heavy (non-hydrogen) atoms. The Labute approximate surface area is 226 Å². The number of carbonyl (C=O) groups is 1. The number of piperidine rings is 1. The first-order valence-electron chi connectivity index (χ1n) is 13.1. The van der Waals surface area contributed by atoms with E-state index in [0.717, 1.165) is 29.0 Å². The molecule has 6 rings (SSSR count). The summed E-state index contributed by atoms with van der Waals surface area (Å²) in [6.07, 6.45) is -0.754. The molecule has 1 atom stereocenters. The van der Waals surface area contributed by atoms with Crippen molar-refractivity contribution in [3.8, 4) is 5.75 Å². The summed E-state index contributed by atoms with van der Waals surface area (Å²) in [5.74, 6) is 0.791. The predicted octanol–water partition coefficient (Wildman–Crippen LogP) is 5.40. The molecule has 0 saturated carbocycles. The van der Waals surface area contributed by atoms with Crippen molar-refractivity contribution in [2.24, 2.45) is 0 Å². The average molecular weight is 554 g/mol. The van der Waals surface area contributed by atoms with Gasteiger partial charge in [0.1, 0.15) is 5.75 Å². The van der Waals surface area contributed by atoms with Crippen LogP contribution in [0.2, 0.25) is 0 Å². The molecule has 0 radical (unpaired) electrons. The minimum Gasteiger partial charge on any atom is -0.493 e. The van der Waals surface area contributed by atoms with Crippen LogP contribution in [0.15, 0.2) is 77.7 Å². The van der Waals surface area contributed by atoms with Crippen LogP contribution >= 0.6 is 0 Å². The van der Waals surface area contributed by atoms with Gasteiger partial charge in [-0.1, -0.05) is 48.5 Å². The summed E-state index contributed by atoms with van der Waals surface area (Å²) < 4.78 is 60.5. The number of anilines is 1. The van der Waals surface area contributed by atoms with Gasteiger partial charge in [-0.3, -0.25) is 4.31 Å². The standard InChI is InChI=1S/C29H29F2N3O4S/c30-27(31)20-9-11-21(12-10-20)39(36,37)34-19-29(23-6-2-3-7-25(23)34)14-16-33(17-15-29)28(35)32-24-13-18-38-26-8-4-1-5-22(24)26/h1-12,24,27H,13-19H2,(H,32,35). The quantitative estimate of drug-likeness (QED) is 0.469. The van der Waals surface area contributed by atoms with Crippen LogP contribution in [-0.2, 0) is 15.4 Å². The molecule has 7 nitrogen and oxygen atoms in total. The third-order valence-electron chi connectivity index (χ3n) is 8.17. The van der Waals surface area contributed by atoms with E-state index in [4.69, 9.17) is 4.74 Å². The van der Waals surface area contributed by atoms with Crippen LogP contribution in [0.25, 0.3) is 0 Å². The van der Waals surface area contributed by atoms with Crippen LogP contribution in [-0.4, -0.2) is 45.6 Å². The zero-order valence-corrected chi connectivity index (χ0v) is 22.0. The molecular formula is C29H29F2N3O4S. The predicted molar refractivity (Wildman–Crippen MR) is 143 cm³/mol. The maximum atomic E-state index is 13.7. The lowest BCUT2D eigenvalue weighted by atomic mass is 9.74. The third-order valence-corrected chi connectivity index (χ3v) is 9.95. The molecule has 1 unspecified atom stereocenters. The second kappa shape index (κ2) is 9.82. The van der Waals surface area contributed by atoms with E-state index in [9.17, 15) is 22.0 Å². The smallest absolute Gasteiger partial charge is 0.317 e. The second-order valence-corrected chi connectivity index (χ2v) is 12.2. The number of carbonyl (C=O) groups excluding carboxylic acids is 1. The number of nitrogens with one attached hydrogen (secondary N) is 1. The number of urea groups is 1. The summed E-state index contributed by atoms with van der Waals surface area (Å²) in [6.45, 7) is 1.76. The molecule has 0 aromatic heterocycles. The molecule has 3 aromatic carbocycles. The van der Waals surface area contributed by atoms with E-state index in [1.807, 2.05) is 36.4 Å². The van der Waals surface area contributed by atoms with Gasteiger partial charge in [-0.05, 0) is 42.7 Å². The highest BCUT2D eigenvalue weighted by Crippen LogP contribution is 2.49. The third kappa shape index (κ3) is 4.50. The van der Waals surface area contributed by atoms with Gasteiger partial charge in [0.25, 0.3) is 16.4 Å². The van der Waals surface area contributed by atoms with E-state index in [1.165, 1.54) is 16.4 Å². The largest absolute Gasteiger partial charge is 0.493 e. The zero-order valence-electron chi connectivity index (χ0n) is 21.2. The van der Waals surface area contributed by atoms with Crippen molar-refractivity contribution in [1.82, 2.24) is 10.2 Å². The van der Waals surface area contributed by atoms with Gasteiger partial charge in [0.2, 0.25) is 0 Å². The van der Waals surface area contributed by atoms with Gasteiger partial charge in [-0.25, -0.2) is 22.0 Å². The summed E-state index contributed by atoms with van der Waals surface area (Å²) in [6, 6.07) is 19.7. The fourth-order valence-corrected chi connectivity index (χ4v) is 7.58. The van der Waals surface area contributed by atoms with Gasteiger partial charge in [0, 0.05) is 42.6 Å². The molecule has 1 fully saturated rings. The number of benzene rings is 3. The van der Waals surface area contributed by atoms with E-state index in [1.54, 1.807) is 17.0 Å². The average Bonchev–Trinajstić information content (AvgIpc) is 3.28. The summed E-state index contributed by atoms with van der Waals surface area (Å²) in [4.78, 5) is 15.0. The minimum absolute atomic E-state index is 0.0210. The van der Waals surface area contributed by atoms with Gasteiger partial charge >= 0.3 is 6.03 Å². The molecule has 3 aliphatic heterocycles. The number of sulfonamides is 1. The Hall–Kier alpha value is -3.66. The molecule has 2 amide bonds. The first-order valence-corrected chi connectivity index (χ1v) is 14.5. The number of alkyl halides is 2. The van der Waals surface area contributed by atoms with Crippen molar-refractivity contribution >= 4 is 21.7 Å². The number of nitrogens with zero attached hydrogens (tertiary/aromatic N) is 2. The van der Waals surface area contributed by atoms with Crippen LogP contribution in [0.4, 0.5) is 19.3 Å². The number of hydrogen-bond acceptors (Lipinski definition) is 4. The molecule has 1 N–H and O–H groups in total. The number of fused-ring (bicyclic) bond motifs is 3. The Morgan fingerprint density at radius 3 is 2.41 bits per heavy atom. The van der Waals surface area contributed by atoms with Gasteiger partial charge < -0.3 is 15.0 Å². The van der Waals surface area contributed by atoms with Crippen LogP contribution in [0, 0.1) is 0 Å². The van der Waals surface area contributed by atoms with Crippen LogP contribution in [0.1, 0.15) is 48.4 Å². The normalized spacial score (nSPS) is 19.9. The highest BCUT2D eigenvalue weighted by Gasteiger charge is 2.48. The van der Waals surface area contributed by atoms with Gasteiger partial charge in [0.05, 0.1) is 23.2 Å². The number of likely N-dealkylation sites (tertiary alicyclic amines) is 1. The van der Waals surface area contributed by atoms with Crippen LogP contribution < -0.4 is 14.4 Å². The van der Waals surface area contributed by atoms with Gasteiger partial charge in [-0.2, -0.15) is 0 Å². The number of rotatable bonds is 4.